The summed E-state index contributed by atoms with van der Waals surface area (Å²) >= 11 is 0. The molecule has 0 aromatic heterocycles. The molecule has 2 fully saturated rings. The summed E-state index contributed by atoms with van der Waals surface area (Å²) in [5.41, 5.74) is 0. The van der Waals surface area contributed by atoms with Crippen LogP contribution in [-0.2, 0) is 9.53 Å². The normalized spacial score (nSPS) is 29.4. The van der Waals surface area contributed by atoms with Gasteiger partial charge in [-0.25, -0.2) is 0 Å². The predicted octanol–water partition coefficient (Wildman–Crippen LogP) is 1.26. The molecule has 4 heteroatoms. The van der Waals surface area contributed by atoms with E-state index in [1.807, 2.05) is 11.8 Å². The Balaban J connectivity index is 1.88. The summed E-state index contributed by atoms with van der Waals surface area (Å²) in [4.78, 5) is 14.5. The van der Waals surface area contributed by atoms with E-state index >= 15 is 0 Å². The molecule has 104 valence electrons. The molecule has 2 unspecified atom stereocenters. The van der Waals surface area contributed by atoms with E-state index in [4.69, 9.17) is 4.74 Å². The first-order chi connectivity index (χ1) is 8.72. The second kappa shape index (κ2) is 6.53. The molecule has 0 radical (unpaired) electrons. The van der Waals surface area contributed by atoms with Crippen molar-refractivity contribution in [3.05, 3.63) is 0 Å². The molecule has 4 nitrogen and oxygen atoms in total. The number of ether oxygens (including phenoxy) is 1. The summed E-state index contributed by atoms with van der Waals surface area (Å²) in [6.45, 7) is 8.79. The number of piperidine rings is 1. The van der Waals surface area contributed by atoms with Gasteiger partial charge in [-0.3, -0.25) is 4.79 Å². The number of carbonyl (C=O) groups is 1. The van der Waals surface area contributed by atoms with E-state index in [2.05, 4.69) is 12.2 Å². The van der Waals surface area contributed by atoms with Crippen LogP contribution in [0.25, 0.3) is 0 Å². The van der Waals surface area contributed by atoms with Gasteiger partial charge in [0, 0.05) is 19.7 Å². The number of hydrogen-bond acceptors (Lipinski definition) is 3. The van der Waals surface area contributed by atoms with Crippen molar-refractivity contribution in [3.63, 3.8) is 0 Å². The highest BCUT2D eigenvalue weighted by Crippen LogP contribution is 2.24. The molecule has 18 heavy (non-hydrogen) atoms. The summed E-state index contributed by atoms with van der Waals surface area (Å²) in [5, 5.41) is 3.37. The summed E-state index contributed by atoms with van der Waals surface area (Å²) in [6.07, 6.45) is 3.38. The molecule has 0 aromatic carbocycles. The topological polar surface area (TPSA) is 41.6 Å². The molecule has 2 heterocycles. The largest absolute Gasteiger partial charge is 0.378 e. The molecule has 2 aliphatic heterocycles. The van der Waals surface area contributed by atoms with E-state index in [1.54, 1.807) is 0 Å². The fourth-order valence-electron chi connectivity index (χ4n) is 3.04. The van der Waals surface area contributed by atoms with Gasteiger partial charge in [-0.05, 0) is 52.1 Å². The van der Waals surface area contributed by atoms with Crippen LogP contribution >= 0.6 is 0 Å². The number of amides is 1. The van der Waals surface area contributed by atoms with Crippen LogP contribution in [0.5, 0.6) is 0 Å². The highest BCUT2D eigenvalue weighted by atomic mass is 16.5. The van der Waals surface area contributed by atoms with Crippen molar-refractivity contribution in [2.24, 2.45) is 11.8 Å². The SMILES string of the molecule is CCN(CC1CCNCC1)C(=O)C1CCOC1C. The Morgan fingerprint density at radius 3 is 2.61 bits per heavy atom. The van der Waals surface area contributed by atoms with Gasteiger partial charge in [-0.15, -0.1) is 0 Å². The summed E-state index contributed by atoms with van der Waals surface area (Å²) in [7, 11) is 0. The molecule has 2 saturated heterocycles. The molecular formula is C14H26N2O2. The Morgan fingerprint density at radius 1 is 1.33 bits per heavy atom. The molecule has 1 amide bonds. The predicted molar refractivity (Wildman–Crippen MR) is 71.4 cm³/mol. The molecule has 0 spiro atoms. The van der Waals surface area contributed by atoms with Crippen molar-refractivity contribution in [3.8, 4) is 0 Å². The fraction of sp³-hybridized carbons (Fsp3) is 0.929. The lowest BCUT2D eigenvalue weighted by molar-refractivity contribution is -0.137. The third-order valence-electron chi connectivity index (χ3n) is 4.32. The zero-order valence-electron chi connectivity index (χ0n) is 11.7. The Morgan fingerprint density at radius 2 is 2.06 bits per heavy atom. The van der Waals surface area contributed by atoms with Crippen molar-refractivity contribution >= 4 is 5.91 Å². The van der Waals surface area contributed by atoms with Crippen molar-refractivity contribution in [1.29, 1.82) is 0 Å². The third-order valence-corrected chi connectivity index (χ3v) is 4.32. The minimum absolute atomic E-state index is 0.0895. The third kappa shape index (κ3) is 3.23. The molecule has 2 atom stereocenters. The average Bonchev–Trinajstić information content (AvgIpc) is 2.82. The summed E-state index contributed by atoms with van der Waals surface area (Å²) < 4.78 is 5.51. The molecule has 2 rings (SSSR count). The number of carbonyl (C=O) groups excluding carboxylic acids is 1. The number of nitrogens with one attached hydrogen (secondary N) is 1. The number of hydrogen-bond donors (Lipinski definition) is 1. The van der Waals surface area contributed by atoms with E-state index in [9.17, 15) is 4.79 Å². The second-order valence-corrected chi connectivity index (χ2v) is 5.54. The smallest absolute Gasteiger partial charge is 0.228 e. The summed E-state index contributed by atoms with van der Waals surface area (Å²) in [6, 6.07) is 0. The van der Waals surface area contributed by atoms with Crippen LogP contribution in [0.15, 0.2) is 0 Å². The van der Waals surface area contributed by atoms with Crippen LogP contribution in [0.2, 0.25) is 0 Å². The Hall–Kier alpha value is -0.610. The molecule has 0 saturated carbocycles. The maximum atomic E-state index is 12.5. The quantitative estimate of drug-likeness (QED) is 0.821. The zero-order chi connectivity index (χ0) is 13.0. The summed E-state index contributed by atoms with van der Waals surface area (Å²) in [5.74, 6) is 1.07. The number of nitrogens with zero attached hydrogens (tertiary/aromatic N) is 1. The van der Waals surface area contributed by atoms with Crippen molar-refractivity contribution in [2.75, 3.05) is 32.8 Å². The second-order valence-electron chi connectivity index (χ2n) is 5.54. The first-order valence-corrected chi connectivity index (χ1v) is 7.33. The van der Waals surface area contributed by atoms with Gasteiger partial charge >= 0.3 is 0 Å². The minimum atomic E-state index is 0.0895. The highest BCUT2D eigenvalue weighted by molar-refractivity contribution is 5.79. The molecule has 0 aliphatic carbocycles. The van der Waals surface area contributed by atoms with Crippen LogP contribution in [0.1, 0.15) is 33.1 Å². The maximum Gasteiger partial charge on any atom is 0.228 e. The van der Waals surface area contributed by atoms with Crippen LogP contribution in [0, 0.1) is 11.8 Å². The Bertz CT molecular complexity index is 277. The first-order valence-electron chi connectivity index (χ1n) is 7.33. The monoisotopic (exact) mass is 254 g/mol. The lowest BCUT2D eigenvalue weighted by Gasteiger charge is -2.31. The molecule has 1 N–H and O–H groups in total. The molecule has 0 bridgehead atoms. The Labute approximate surface area is 110 Å². The van der Waals surface area contributed by atoms with E-state index < -0.39 is 0 Å². The van der Waals surface area contributed by atoms with Gasteiger partial charge in [0.15, 0.2) is 0 Å². The van der Waals surface area contributed by atoms with E-state index in [0.29, 0.717) is 11.8 Å². The maximum absolute atomic E-state index is 12.5. The first kappa shape index (κ1) is 13.8. The van der Waals surface area contributed by atoms with E-state index in [0.717, 1.165) is 39.2 Å². The van der Waals surface area contributed by atoms with Crippen molar-refractivity contribution in [1.82, 2.24) is 10.2 Å². The lowest BCUT2D eigenvalue weighted by atomic mass is 9.95. The molecule has 0 aromatic rings. The van der Waals surface area contributed by atoms with Gasteiger partial charge in [-0.2, -0.15) is 0 Å². The molecular weight excluding hydrogens is 228 g/mol. The zero-order valence-corrected chi connectivity index (χ0v) is 11.7. The average molecular weight is 254 g/mol. The van der Waals surface area contributed by atoms with Crippen LogP contribution in [0.3, 0.4) is 0 Å². The van der Waals surface area contributed by atoms with Gasteiger partial charge in [0.25, 0.3) is 0 Å². The van der Waals surface area contributed by atoms with E-state index in [1.165, 1.54) is 12.8 Å². The standard InChI is InChI=1S/C14H26N2O2/c1-3-16(10-12-4-7-15-8-5-12)14(17)13-6-9-18-11(13)2/h11-13,15H,3-10H2,1-2H3. The van der Waals surface area contributed by atoms with Crippen LogP contribution in [0.4, 0.5) is 0 Å². The number of rotatable bonds is 4. The van der Waals surface area contributed by atoms with E-state index in [-0.39, 0.29) is 12.0 Å². The van der Waals surface area contributed by atoms with Gasteiger partial charge in [-0.1, -0.05) is 0 Å². The highest BCUT2D eigenvalue weighted by Gasteiger charge is 2.34. The van der Waals surface area contributed by atoms with Gasteiger partial charge in [0.2, 0.25) is 5.91 Å². The van der Waals surface area contributed by atoms with Gasteiger partial charge in [0.1, 0.15) is 0 Å². The molecule has 2 aliphatic rings. The van der Waals surface area contributed by atoms with Crippen LogP contribution in [-0.4, -0.2) is 49.7 Å². The fourth-order valence-corrected chi connectivity index (χ4v) is 3.04. The van der Waals surface area contributed by atoms with Gasteiger partial charge < -0.3 is 15.0 Å². The van der Waals surface area contributed by atoms with Crippen LogP contribution < -0.4 is 5.32 Å². The van der Waals surface area contributed by atoms with Gasteiger partial charge in [0.05, 0.1) is 12.0 Å². The van der Waals surface area contributed by atoms with Crippen molar-refractivity contribution in [2.45, 2.75) is 39.2 Å². The lowest BCUT2D eigenvalue weighted by Crippen LogP contribution is -2.43. The minimum Gasteiger partial charge on any atom is -0.378 e. The Kier molecular flexibility index (Phi) is 5.01. The van der Waals surface area contributed by atoms with Crippen molar-refractivity contribution < 1.29 is 9.53 Å².